The van der Waals surface area contributed by atoms with Crippen LogP contribution in [-0.4, -0.2) is 5.71 Å². The summed E-state index contributed by atoms with van der Waals surface area (Å²) in [6, 6.07) is 93.2. The average Bonchev–Trinajstić information content (AvgIpc) is 3.99. The van der Waals surface area contributed by atoms with E-state index in [-0.39, 0.29) is 6.04 Å². The van der Waals surface area contributed by atoms with Gasteiger partial charge in [-0.05, 0) is 144 Å². The molecule has 1 spiro atoms. The van der Waals surface area contributed by atoms with Crippen LogP contribution in [0.1, 0.15) is 45.0 Å². The Labute approximate surface area is 392 Å². The highest BCUT2D eigenvalue weighted by atomic mass is 15.2. The first-order valence-electron chi connectivity index (χ1n) is 23.2. The summed E-state index contributed by atoms with van der Waals surface area (Å²) in [6.45, 7) is 0. The van der Waals surface area contributed by atoms with Gasteiger partial charge in [-0.1, -0.05) is 206 Å². The second kappa shape index (κ2) is 15.8. The Morgan fingerprint density at radius 1 is 0.328 bits per heavy atom. The minimum absolute atomic E-state index is 0.102. The number of hydrogen-bond donors (Lipinski definition) is 0. The average molecular weight is 853 g/mol. The molecule has 1 atom stereocenters. The van der Waals surface area contributed by atoms with Crippen LogP contribution in [0.3, 0.4) is 0 Å². The zero-order valence-electron chi connectivity index (χ0n) is 36.8. The lowest BCUT2D eigenvalue weighted by atomic mass is 9.64. The van der Waals surface area contributed by atoms with Crippen LogP contribution in [0.4, 0.5) is 17.1 Å². The minimum atomic E-state index is -0.508. The third kappa shape index (κ3) is 6.29. The van der Waals surface area contributed by atoms with E-state index in [1.54, 1.807) is 0 Å². The minimum Gasteiger partial charge on any atom is -0.310 e. The topological polar surface area (TPSA) is 15.6 Å². The van der Waals surface area contributed by atoms with Gasteiger partial charge in [0.25, 0.3) is 0 Å². The van der Waals surface area contributed by atoms with Crippen molar-refractivity contribution in [2.75, 3.05) is 4.90 Å². The van der Waals surface area contributed by atoms with Gasteiger partial charge in [0.1, 0.15) is 6.04 Å². The summed E-state index contributed by atoms with van der Waals surface area (Å²) >= 11 is 0. The molecule has 0 aromatic heterocycles. The number of allylic oxidation sites excluding steroid dienone is 1. The molecule has 2 aliphatic heterocycles. The van der Waals surface area contributed by atoms with Gasteiger partial charge in [-0.25, -0.2) is 0 Å². The Bertz CT molecular complexity index is 3540. The van der Waals surface area contributed by atoms with Gasteiger partial charge in [-0.2, -0.15) is 0 Å². The zero-order chi connectivity index (χ0) is 44.3. The number of nitrogens with zero attached hydrogens (tertiary/aromatic N) is 2. The lowest BCUT2D eigenvalue weighted by molar-refractivity contribution is 0.753. The van der Waals surface area contributed by atoms with Gasteiger partial charge < -0.3 is 4.90 Å². The Kier molecular flexibility index (Phi) is 9.18. The lowest BCUT2D eigenvalue weighted by Gasteiger charge is -2.45. The van der Waals surface area contributed by atoms with E-state index in [1.165, 1.54) is 94.8 Å². The van der Waals surface area contributed by atoms with Gasteiger partial charge in [-0.3, -0.25) is 4.99 Å². The second-order valence-electron chi connectivity index (χ2n) is 17.8. The number of aliphatic imine (C=N–C) groups is 1. The fourth-order valence-corrected chi connectivity index (χ4v) is 11.2. The summed E-state index contributed by atoms with van der Waals surface area (Å²) in [6.07, 6.45) is 2.27. The number of para-hydroxylation sites is 3. The van der Waals surface area contributed by atoms with Crippen molar-refractivity contribution in [2.45, 2.75) is 11.5 Å². The van der Waals surface area contributed by atoms with E-state index in [2.05, 4.69) is 266 Å². The number of benzene rings is 10. The van der Waals surface area contributed by atoms with Crippen LogP contribution in [0.5, 0.6) is 0 Å². The van der Waals surface area contributed by atoms with E-state index < -0.39 is 5.41 Å². The van der Waals surface area contributed by atoms with Crippen LogP contribution in [0.15, 0.2) is 266 Å². The van der Waals surface area contributed by atoms with E-state index in [0.29, 0.717) is 0 Å². The van der Waals surface area contributed by atoms with Crippen LogP contribution in [0.2, 0.25) is 0 Å². The normalized spacial score (nSPS) is 15.0. The molecule has 0 amide bonds. The standard InChI is InChI=1S/C65H44N2/c1-4-19-44(20-5-1)56-43-61(45-21-6-2-7-22-45)66-64(56)52-28-18-27-50(41-52)48-25-16-23-46(39-48)47-24-17-26-49(40-47)51-37-38-55-54-31-10-11-32-57(54)65(60(55)42-51)58-33-12-14-35-62(58)67(53-29-8-3-9-30-53)63-36-15-13-34-59(63)65/h1-43,64H/t64-/m0/s1. The van der Waals surface area contributed by atoms with Crippen molar-refractivity contribution in [1.82, 2.24) is 0 Å². The van der Waals surface area contributed by atoms with Crippen LogP contribution in [0, 0.1) is 0 Å². The molecular weight excluding hydrogens is 809 g/mol. The van der Waals surface area contributed by atoms with Crippen molar-refractivity contribution in [1.29, 1.82) is 0 Å². The molecule has 2 heterocycles. The predicted molar refractivity (Wildman–Crippen MR) is 278 cm³/mol. The van der Waals surface area contributed by atoms with Gasteiger partial charge in [0.15, 0.2) is 0 Å². The molecule has 10 aromatic rings. The highest BCUT2D eigenvalue weighted by molar-refractivity contribution is 6.15. The first-order chi connectivity index (χ1) is 33.2. The maximum Gasteiger partial charge on any atom is 0.101 e. The first-order valence-corrected chi connectivity index (χ1v) is 23.2. The van der Waals surface area contributed by atoms with E-state index in [9.17, 15) is 0 Å². The first kappa shape index (κ1) is 38.8. The molecule has 314 valence electrons. The zero-order valence-corrected chi connectivity index (χ0v) is 36.8. The molecular formula is C65H44N2. The largest absolute Gasteiger partial charge is 0.310 e. The summed E-state index contributed by atoms with van der Waals surface area (Å²) in [7, 11) is 0. The fraction of sp³-hybridized carbons (Fsp3) is 0.0308. The molecule has 0 radical (unpaired) electrons. The van der Waals surface area contributed by atoms with E-state index >= 15 is 0 Å². The quantitative estimate of drug-likeness (QED) is 0.156. The Balaban J connectivity index is 0.888. The fourth-order valence-electron chi connectivity index (χ4n) is 11.2. The smallest absolute Gasteiger partial charge is 0.101 e. The highest BCUT2D eigenvalue weighted by Gasteiger charge is 2.51. The van der Waals surface area contributed by atoms with Gasteiger partial charge in [0.05, 0.1) is 22.5 Å². The van der Waals surface area contributed by atoms with Gasteiger partial charge in [0, 0.05) is 5.69 Å². The van der Waals surface area contributed by atoms with E-state index in [1.807, 2.05) is 0 Å². The van der Waals surface area contributed by atoms with Crippen molar-refractivity contribution < 1.29 is 0 Å². The molecule has 0 fully saturated rings. The van der Waals surface area contributed by atoms with E-state index in [4.69, 9.17) is 4.99 Å². The molecule has 0 saturated carbocycles. The Morgan fingerprint density at radius 3 is 1.42 bits per heavy atom. The van der Waals surface area contributed by atoms with Crippen molar-refractivity contribution in [3.05, 3.63) is 300 Å². The molecule has 0 bridgehead atoms. The third-order valence-electron chi connectivity index (χ3n) is 14.1. The van der Waals surface area contributed by atoms with Gasteiger partial charge >= 0.3 is 0 Å². The number of anilines is 3. The highest BCUT2D eigenvalue weighted by Crippen LogP contribution is 2.63. The molecule has 1 aliphatic carbocycles. The number of hydrogen-bond acceptors (Lipinski definition) is 2. The summed E-state index contributed by atoms with van der Waals surface area (Å²) in [5.74, 6) is 0. The second-order valence-corrected chi connectivity index (χ2v) is 17.8. The van der Waals surface area contributed by atoms with Crippen LogP contribution in [-0.2, 0) is 5.41 Å². The van der Waals surface area contributed by atoms with Crippen LogP contribution >= 0.6 is 0 Å². The summed E-state index contributed by atoms with van der Waals surface area (Å²) in [5.41, 5.74) is 23.7. The van der Waals surface area contributed by atoms with Crippen LogP contribution < -0.4 is 4.90 Å². The van der Waals surface area contributed by atoms with Crippen molar-refractivity contribution >= 4 is 28.3 Å². The molecule has 67 heavy (non-hydrogen) atoms. The Hall–Kier alpha value is -8.59. The molecule has 0 N–H and O–H groups in total. The molecule has 2 heteroatoms. The molecule has 13 rings (SSSR count). The van der Waals surface area contributed by atoms with Crippen molar-refractivity contribution in [3.63, 3.8) is 0 Å². The Morgan fingerprint density at radius 2 is 0.791 bits per heavy atom. The van der Waals surface area contributed by atoms with Crippen molar-refractivity contribution in [3.8, 4) is 44.5 Å². The van der Waals surface area contributed by atoms with Gasteiger partial charge in [-0.15, -0.1) is 0 Å². The maximum absolute atomic E-state index is 5.35. The summed E-state index contributed by atoms with van der Waals surface area (Å²) in [4.78, 5) is 7.79. The van der Waals surface area contributed by atoms with Crippen molar-refractivity contribution in [2.24, 2.45) is 4.99 Å². The van der Waals surface area contributed by atoms with E-state index in [0.717, 1.165) is 17.0 Å². The summed E-state index contributed by atoms with van der Waals surface area (Å²) in [5, 5.41) is 0. The third-order valence-corrected chi connectivity index (χ3v) is 14.1. The number of rotatable bonds is 7. The monoisotopic (exact) mass is 852 g/mol. The summed E-state index contributed by atoms with van der Waals surface area (Å²) < 4.78 is 0. The molecule has 0 saturated heterocycles. The molecule has 3 aliphatic rings. The number of fused-ring (bicyclic) bond motifs is 9. The SMILES string of the molecule is C1=C(c2ccccc2)[C@H](c2cccc(-c3cccc(-c4cccc(-c5ccc6c(c5)C5(c7ccccc7-6)c6ccccc6N(c6ccccc6)c6ccccc65)c4)c3)c2)N=C1c1ccccc1. The predicted octanol–water partition coefficient (Wildman–Crippen LogP) is 16.5. The van der Waals surface area contributed by atoms with Gasteiger partial charge in [0.2, 0.25) is 0 Å². The molecule has 10 aromatic carbocycles. The maximum atomic E-state index is 5.35. The lowest BCUT2D eigenvalue weighted by Crippen LogP contribution is -2.36. The molecule has 2 nitrogen and oxygen atoms in total. The molecule has 0 unspecified atom stereocenters. The van der Waals surface area contributed by atoms with Crippen LogP contribution in [0.25, 0.3) is 50.1 Å².